The fraction of sp³-hybridized carbons (Fsp3) is 0.278. The van der Waals surface area contributed by atoms with Crippen molar-refractivity contribution in [2.24, 2.45) is 5.73 Å². The van der Waals surface area contributed by atoms with Crippen LogP contribution in [0.1, 0.15) is 27.4 Å². The molecule has 1 heterocycles. The minimum atomic E-state index is 0.000341. The molecule has 2 N–H and O–H groups in total. The van der Waals surface area contributed by atoms with Gasteiger partial charge in [0.15, 0.2) is 0 Å². The monoisotopic (exact) mass is 280 g/mol. The molecule has 0 aromatic heterocycles. The summed E-state index contributed by atoms with van der Waals surface area (Å²) >= 11 is 0. The van der Waals surface area contributed by atoms with Crippen molar-refractivity contribution >= 4 is 5.91 Å². The molecular weight excluding hydrogens is 260 g/mol. The third kappa shape index (κ3) is 2.69. The van der Waals surface area contributed by atoms with Crippen LogP contribution < -0.4 is 5.73 Å². The highest BCUT2D eigenvalue weighted by molar-refractivity contribution is 5.95. The number of nitrogens with zero attached hydrogens (tertiary/aromatic N) is 1. The van der Waals surface area contributed by atoms with Gasteiger partial charge in [-0.15, -0.1) is 0 Å². The lowest BCUT2D eigenvalue weighted by molar-refractivity contribution is 0.0788. The van der Waals surface area contributed by atoms with Gasteiger partial charge in [-0.1, -0.05) is 48.5 Å². The van der Waals surface area contributed by atoms with E-state index in [1.165, 1.54) is 5.56 Å². The van der Waals surface area contributed by atoms with E-state index < -0.39 is 0 Å². The minimum Gasteiger partial charge on any atom is -0.336 e. The van der Waals surface area contributed by atoms with Gasteiger partial charge in [0.05, 0.1) is 0 Å². The third-order valence-electron chi connectivity index (χ3n) is 4.26. The maximum absolute atomic E-state index is 12.7. The summed E-state index contributed by atoms with van der Waals surface area (Å²) in [4.78, 5) is 14.5. The second-order valence-electron chi connectivity index (χ2n) is 5.71. The number of hydrogen-bond acceptors (Lipinski definition) is 2. The number of nitrogens with two attached hydrogens (primary N) is 1. The Kier molecular flexibility index (Phi) is 3.76. The van der Waals surface area contributed by atoms with Crippen molar-refractivity contribution < 1.29 is 4.79 Å². The van der Waals surface area contributed by atoms with Crippen LogP contribution in [0.4, 0.5) is 0 Å². The summed E-state index contributed by atoms with van der Waals surface area (Å²) in [7, 11) is 0. The molecule has 1 aliphatic heterocycles. The Bertz CT molecular complexity index is 639. The van der Waals surface area contributed by atoms with Crippen molar-refractivity contribution in [1.29, 1.82) is 0 Å². The first kappa shape index (κ1) is 13.8. The first-order valence-corrected chi connectivity index (χ1v) is 7.32. The smallest absolute Gasteiger partial charge is 0.254 e. The summed E-state index contributed by atoms with van der Waals surface area (Å²) < 4.78 is 0. The molecule has 0 aliphatic carbocycles. The SMILES string of the molecule is Cc1ccccc1C(=O)N1C[C@@H](N)[C@H](c2ccccc2)C1. The number of hydrogen-bond donors (Lipinski definition) is 1. The summed E-state index contributed by atoms with van der Waals surface area (Å²) in [6, 6.07) is 17.9. The van der Waals surface area contributed by atoms with E-state index >= 15 is 0 Å². The molecule has 1 fully saturated rings. The molecule has 0 spiro atoms. The normalized spacial score (nSPS) is 21.5. The topological polar surface area (TPSA) is 46.3 Å². The molecule has 1 amide bonds. The van der Waals surface area contributed by atoms with Crippen molar-refractivity contribution in [3.63, 3.8) is 0 Å². The molecule has 0 radical (unpaired) electrons. The molecule has 0 saturated carbocycles. The van der Waals surface area contributed by atoms with Crippen LogP contribution in [0.15, 0.2) is 54.6 Å². The molecule has 3 rings (SSSR count). The molecule has 3 nitrogen and oxygen atoms in total. The average molecular weight is 280 g/mol. The summed E-state index contributed by atoms with van der Waals surface area (Å²) in [5.41, 5.74) is 9.26. The van der Waals surface area contributed by atoms with Gasteiger partial charge < -0.3 is 10.6 Å². The first-order valence-electron chi connectivity index (χ1n) is 7.32. The number of amides is 1. The standard InChI is InChI=1S/C18H20N2O/c1-13-7-5-6-10-15(13)18(21)20-11-16(17(19)12-20)14-8-3-2-4-9-14/h2-10,16-17H,11-12,19H2,1H3/t16-,17+/m0/s1. The van der Waals surface area contributed by atoms with Crippen LogP contribution in [0.2, 0.25) is 0 Å². The molecule has 0 unspecified atom stereocenters. The summed E-state index contributed by atoms with van der Waals surface area (Å²) in [6.07, 6.45) is 0. The second-order valence-corrected chi connectivity index (χ2v) is 5.71. The Labute approximate surface area is 125 Å². The predicted molar refractivity (Wildman–Crippen MR) is 84.2 cm³/mol. The zero-order valence-corrected chi connectivity index (χ0v) is 12.2. The molecule has 1 aliphatic rings. The Morgan fingerprint density at radius 3 is 2.43 bits per heavy atom. The van der Waals surface area contributed by atoms with Crippen LogP contribution in [0, 0.1) is 6.92 Å². The van der Waals surface area contributed by atoms with Gasteiger partial charge in [-0.25, -0.2) is 0 Å². The highest BCUT2D eigenvalue weighted by Crippen LogP contribution is 2.27. The Morgan fingerprint density at radius 2 is 1.71 bits per heavy atom. The summed E-state index contributed by atoms with van der Waals surface area (Å²) in [5, 5.41) is 0. The molecule has 21 heavy (non-hydrogen) atoms. The van der Waals surface area contributed by atoms with E-state index in [0.29, 0.717) is 13.1 Å². The quantitative estimate of drug-likeness (QED) is 0.919. The van der Waals surface area contributed by atoms with Gasteiger partial charge in [0.25, 0.3) is 5.91 Å². The minimum absolute atomic E-state index is 0.000341. The van der Waals surface area contributed by atoms with Gasteiger partial charge in [-0.05, 0) is 24.1 Å². The Balaban J connectivity index is 1.80. The van der Waals surface area contributed by atoms with E-state index in [2.05, 4.69) is 12.1 Å². The second kappa shape index (κ2) is 5.70. The molecular formula is C18H20N2O. The number of benzene rings is 2. The van der Waals surface area contributed by atoms with Gasteiger partial charge in [-0.2, -0.15) is 0 Å². The highest BCUT2D eigenvalue weighted by atomic mass is 16.2. The number of carbonyl (C=O) groups is 1. The largest absolute Gasteiger partial charge is 0.336 e. The summed E-state index contributed by atoms with van der Waals surface area (Å²) in [6.45, 7) is 3.28. The molecule has 2 atom stereocenters. The fourth-order valence-corrected chi connectivity index (χ4v) is 3.03. The van der Waals surface area contributed by atoms with Crippen molar-refractivity contribution in [2.45, 2.75) is 18.9 Å². The Morgan fingerprint density at radius 1 is 1.05 bits per heavy atom. The third-order valence-corrected chi connectivity index (χ3v) is 4.26. The van der Waals surface area contributed by atoms with Gasteiger partial charge in [0.2, 0.25) is 0 Å². The van der Waals surface area contributed by atoms with Gasteiger partial charge in [0.1, 0.15) is 0 Å². The van der Waals surface area contributed by atoms with Crippen LogP contribution in [0.25, 0.3) is 0 Å². The molecule has 1 saturated heterocycles. The van der Waals surface area contributed by atoms with Crippen LogP contribution in [-0.2, 0) is 0 Å². The van der Waals surface area contributed by atoms with E-state index in [1.54, 1.807) is 0 Å². The highest BCUT2D eigenvalue weighted by Gasteiger charge is 2.34. The molecule has 2 aromatic rings. The maximum Gasteiger partial charge on any atom is 0.254 e. The lowest BCUT2D eigenvalue weighted by Crippen LogP contribution is -2.32. The van der Waals surface area contributed by atoms with Crippen molar-refractivity contribution in [3.8, 4) is 0 Å². The van der Waals surface area contributed by atoms with Crippen molar-refractivity contribution in [3.05, 3.63) is 71.3 Å². The van der Waals surface area contributed by atoms with Crippen molar-refractivity contribution in [1.82, 2.24) is 4.90 Å². The molecule has 3 heteroatoms. The van der Waals surface area contributed by atoms with E-state index in [4.69, 9.17) is 5.73 Å². The van der Waals surface area contributed by atoms with E-state index in [1.807, 2.05) is 54.3 Å². The molecule has 0 bridgehead atoms. The van der Waals surface area contributed by atoms with E-state index in [-0.39, 0.29) is 17.9 Å². The van der Waals surface area contributed by atoms with Gasteiger partial charge in [-0.3, -0.25) is 4.79 Å². The lowest BCUT2D eigenvalue weighted by atomic mass is 9.95. The number of carbonyl (C=O) groups excluding carboxylic acids is 1. The summed E-state index contributed by atoms with van der Waals surface area (Å²) in [5.74, 6) is 0.307. The van der Waals surface area contributed by atoms with Gasteiger partial charge in [0, 0.05) is 30.6 Å². The fourth-order valence-electron chi connectivity index (χ4n) is 3.03. The Hall–Kier alpha value is -2.13. The lowest BCUT2D eigenvalue weighted by Gasteiger charge is -2.17. The predicted octanol–water partition coefficient (Wildman–Crippen LogP) is 2.56. The number of likely N-dealkylation sites (tertiary alicyclic amines) is 1. The van der Waals surface area contributed by atoms with E-state index in [0.717, 1.165) is 11.1 Å². The maximum atomic E-state index is 12.7. The van der Waals surface area contributed by atoms with Crippen LogP contribution in [0.3, 0.4) is 0 Å². The van der Waals surface area contributed by atoms with Crippen LogP contribution in [-0.4, -0.2) is 29.9 Å². The average Bonchev–Trinajstić information content (AvgIpc) is 2.90. The van der Waals surface area contributed by atoms with E-state index in [9.17, 15) is 4.79 Å². The van der Waals surface area contributed by atoms with Crippen LogP contribution >= 0.6 is 0 Å². The van der Waals surface area contributed by atoms with Gasteiger partial charge >= 0.3 is 0 Å². The zero-order valence-electron chi connectivity index (χ0n) is 12.2. The number of aryl methyl sites for hydroxylation is 1. The number of rotatable bonds is 2. The zero-order chi connectivity index (χ0) is 14.8. The molecule has 2 aromatic carbocycles. The first-order chi connectivity index (χ1) is 10.2. The molecule has 108 valence electrons. The van der Waals surface area contributed by atoms with Crippen LogP contribution in [0.5, 0.6) is 0 Å². The van der Waals surface area contributed by atoms with Crippen molar-refractivity contribution in [2.75, 3.05) is 13.1 Å².